The van der Waals surface area contributed by atoms with E-state index in [9.17, 15) is 14.4 Å². The minimum atomic E-state index is -0.765. The van der Waals surface area contributed by atoms with E-state index in [4.69, 9.17) is 14.2 Å². The molecule has 6 nitrogen and oxygen atoms in total. The van der Waals surface area contributed by atoms with E-state index >= 15 is 0 Å². The second-order valence-corrected chi connectivity index (χ2v) is 23.8. The van der Waals surface area contributed by atoms with Crippen molar-refractivity contribution in [2.75, 3.05) is 13.2 Å². The van der Waals surface area contributed by atoms with Crippen LogP contribution in [0.1, 0.15) is 393 Å². The zero-order chi connectivity index (χ0) is 55.7. The second kappa shape index (κ2) is 66.4. The van der Waals surface area contributed by atoms with E-state index in [1.807, 2.05) is 0 Å². The third-order valence-electron chi connectivity index (χ3n) is 15.9. The molecule has 6 heteroatoms. The first kappa shape index (κ1) is 74.9. The Morgan fingerprint density at radius 3 is 0.649 bits per heavy atom. The quantitative estimate of drug-likeness (QED) is 0.0261. The van der Waals surface area contributed by atoms with Crippen molar-refractivity contribution in [3.8, 4) is 0 Å². The molecule has 0 aromatic carbocycles. The molecule has 0 aliphatic heterocycles. The number of unbranched alkanes of at least 4 members (excludes halogenated alkanes) is 50. The molecule has 0 saturated heterocycles. The summed E-state index contributed by atoms with van der Waals surface area (Å²) in [5.41, 5.74) is 0. The highest BCUT2D eigenvalue weighted by Gasteiger charge is 2.19. The van der Waals surface area contributed by atoms with Crippen molar-refractivity contribution in [3.63, 3.8) is 0 Å². The SMILES string of the molecule is CCCCCCCCCC/C=C\CCCCCCCCCCCCCCCCCC(=O)OCC(COC(=O)CCCCCCC)OC(=O)CCCCCCCCCCCCCCCCC/C=C\CCCCCCCCCC. The average molecular weight is 1080 g/mol. The maximum atomic E-state index is 12.9. The van der Waals surface area contributed by atoms with Gasteiger partial charge in [0.1, 0.15) is 13.2 Å². The molecule has 0 amide bonds. The Morgan fingerprint density at radius 2 is 0.429 bits per heavy atom. The topological polar surface area (TPSA) is 78.9 Å². The fourth-order valence-corrected chi connectivity index (χ4v) is 10.7. The van der Waals surface area contributed by atoms with Gasteiger partial charge in [-0.1, -0.05) is 328 Å². The molecule has 0 saturated carbocycles. The fourth-order valence-electron chi connectivity index (χ4n) is 10.7. The molecule has 77 heavy (non-hydrogen) atoms. The normalized spacial score (nSPS) is 12.1. The molecular formula is C71H134O6. The maximum absolute atomic E-state index is 12.9. The zero-order valence-electron chi connectivity index (χ0n) is 52.3. The molecule has 0 aromatic rings. The third-order valence-corrected chi connectivity index (χ3v) is 15.9. The van der Waals surface area contributed by atoms with Gasteiger partial charge in [-0.25, -0.2) is 0 Å². The molecule has 0 aliphatic carbocycles. The lowest BCUT2D eigenvalue weighted by atomic mass is 10.0. The van der Waals surface area contributed by atoms with Crippen LogP contribution in [0.5, 0.6) is 0 Å². The maximum Gasteiger partial charge on any atom is 0.306 e. The molecule has 0 N–H and O–H groups in total. The van der Waals surface area contributed by atoms with Gasteiger partial charge in [-0.3, -0.25) is 14.4 Å². The Morgan fingerprint density at radius 1 is 0.247 bits per heavy atom. The number of hydrogen-bond donors (Lipinski definition) is 0. The van der Waals surface area contributed by atoms with Gasteiger partial charge < -0.3 is 14.2 Å². The van der Waals surface area contributed by atoms with Crippen LogP contribution < -0.4 is 0 Å². The molecule has 0 aliphatic rings. The highest BCUT2D eigenvalue weighted by molar-refractivity contribution is 5.71. The smallest absolute Gasteiger partial charge is 0.306 e. The van der Waals surface area contributed by atoms with Crippen molar-refractivity contribution >= 4 is 17.9 Å². The van der Waals surface area contributed by atoms with Gasteiger partial charge in [0.15, 0.2) is 6.10 Å². The minimum absolute atomic E-state index is 0.0662. The van der Waals surface area contributed by atoms with Crippen LogP contribution in [0.25, 0.3) is 0 Å². The predicted octanol–water partition coefficient (Wildman–Crippen LogP) is 23.8. The number of carbonyl (C=O) groups excluding carboxylic acids is 3. The van der Waals surface area contributed by atoms with Gasteiger partial charge in [0.05, 0.1) is 0 Å². The van der Waals surface area contributed by atoms with E-state index in [1.165, 1.54) is 289 Å². The van der Waals surface area contributed by atoms with Crippen LogP contribution in [0.2, 0.25) is 0 Å². The van der Waals surface area contributed by atoms with Gasteiger partial charge in [0, 0.05) is 19.3 Å². The molecule has 0 heterocycles. The molecular weight excluding hydrogens is 949 g/mol. The number of rotatable bonds is 65. The summed E-state index contributed by atoms with van der Waals surface area (Å²) in [5, 5.41) is 0. The van der Waals surface area contributed by atoms with E-state index < -0.39 is 6.10 Å². The lowest BCUT2D eigenvalue weighted by Gasteiger charge is -2.18. The molecule has 0 aromatic heterocycles. The van der Waals surface area contributed by atoms with E-state index in [-0.39, 0.29) is 31.1 Å². The van der Waals surface area contributed by atoms with Gasteiger partial charge in [0.25, 0.3) is 0 Å². The Kier molecular flexibility index (Phi) is 64.6. The molecule has 0 radical (unpaired) electrons. The Balaban J connectivity index is 3.93. The molecule has 1 unspecified atom stereocenters. The summed E-state index contributed by atoms with van der Waals surface area (Å²) in [6, 6.07) is 0. The molecule has 0 rings (SSSR count). The first-order valence-corrected chi connectivity index (χ1v) is 34.8. The summed E-state index contributed by atoms with van der Waals surface area (Å²) in [6.07, 6.45) is 81.2. The van der Waals surface area contributed by atoms with Crippen LogP contribution in [0, 0.1) is 0 Å². The summed E-state index contributed by atoms with van der Waals surface area (Å²) >= 11 is 0. The van der Waals surface area contributed by atoms with Gasteiger partial charge in [-0.05, 0) is 70.6 Å². The van der Waals surface area contributed by atoms with Crippen LogP contribution in [-0.2, 0) is 28.6 Å². The standard InChI is InChI=1S/C71H134O6/c1-4-7-10-13-15-17-19-21-23-25-27-29-31-33-35-37-39-41-43-45-47-49-51-53-55-58-61-64-70(73)76-67-68(66-75-69(72)63-60-57-12-9-6-3)77-71(74)65-62-59-56-54-52-50-48-46-44-42-40-38-36-34-32-30-28-26-24-22-20-18-16-14-11-8-5-2/h25-28,68H,4-24,29-67H2,1-3H3/b27-25-,28-26-. The monoisotopic (exact) mass is 1080 g/mol. The zero-order valence-corrected chi connectivity index (χ0v) is 52.3. The van der Waals surface area contributed by atoms with Crippen molar-refractivity contribution in [2.45, 2.75) is 399 Å². The lowest BCUT2D eigenvalue weighted by molar-refractivity contribution is -0.167. The summed E-state index contributed by atoms with van der Waals surface area (Å²) in [7, 11) is 0. The Bertz CT molecular complexity index is 1240. The minimum Gasteiger partial charge on any atom is -0.462 e. The molecule has 454 valence electrons. The summed E-state index contributed by atoms with van der Waals surface area (Å²) < 4.78 is 16.8. The van der Waals surface area contributed by atoms with Crippen LogP contribution in [0.15, 0.2) is 24.3 Å². The van der Waals surface area contributed by atoms with Crippen LogP contribution in [-0.4, -0.2) is 37.2 Å². The largest absolute Gasteiger partial charge is 0.462 e. The Labute approximate surface area is 481 Å². The van der Waals surface area contributed by atoms with Gasteiger partial charge in [0.2, 0.25) is 0 Å². The van der Waals surface area contributed by atoms with Crippen LogP contribution in [0.3, 0.4) is 0 Å². The number of esters is 3. The molecule has 0 spiro atoms. The fraction of sp³-hybridized carbons (Fsp3) is 0.901. The van der Waals surface area contributed by atoms with Crippen molar-refractivity contribution in [2.24, 2.45) is 0 Å². The summed E-state index contributed by atoms with van der Waals surface area (Å²) in [4.78, 5) is 38.0. The number of hydrogen-bond acceptors (Lipinski definition) is 6. The average Bonchev–Trinajstić information content (AvgIpc) is 3.43. The number of carbonyl (C=O) groups is 3. The van der Waals surface area contributed by atoms with Crippen LogP contribution in [0.4, 0.5) is 0 Å². The highest BCUT2D eigenvalue weighted by Crippen LogP contribution is 2.18. The summed E-state index contributed by atoms with van der Waals surface area (Å²) in [5.74, 6) is -0.854. The van der Waals surface area contributed by atoms with Gasteiger partial charge >= 0.3 is 17.9 Å². The van der Waals surface area contributed by atoms with E-state index in [0.717, 1.165) is 64.2 Å². The first-order chi connectivity index (χ1) is 38.0. The predicted molar refractivity (Wildman–Crippen MR) is 335 cm³/mol. The van der Waals surface area contributed by atoms with Crippen molar-refractivity contribution in [1.29, 1.82) is 0 Å². The first-order valence-electron chi connectivity index (χ1n) is 34.8. The van der Waals surface area contributed by atoms with E-state index in [0.29, 0.717) is 19.3 Å². The van der Waals surface area contributed by atoms with Gasteiger partial charge in [-0.15, -0.1) is 0 Å². The second-order valence-electron chi connectivity index (χ2n) is 23.8. The van der Waals surface area contributed by atoms with E-state index in [1.54, 1.807) is 0 Å². The van der Waals surface area contributed by atoms with Crippen molar-refractivity contribution in [1.82, 2.24) is 0 Å². The lowest BCUT2D eigenvalue weighted by Crippen LogP contribution is -2.30. The molecule has 0 bridgehead atoms. The highest BCUT2D eigenvalue weighted by atomic mass is 16.6. The summed E-state index contributed by atoms with van der Waals surface area (Å²) in [6.45, 7) is 6.63. The van der Waals surface area contributed by atoms with E-state index in [2.05, 4.69) is 45.1 Å². The number of ether oxygens (including phenoxy) is 3. The number of allylic oxidation sites excluding steroid dienone is 4. The van der Waals surface area contributed by atoms with Crippen molar-refractivity contribution < 1.29 is 28.6 Å². The van der Waals surface area contributed by atoms with Crippen LogP contribution >= 0.6 is 0 Å². The molecule has 1 atom stereocenters. The van der Waals surface area contributed by atoms with Gasteiger partial charge in [-0.2, -0.15) is 0 Å². The third kappa shape index (κ3) is 64.6. The van der Waals surface area contributed by atoms with Crippen molar-refractivity contribution in [3.05, 3.63) is 24.3 Å². The Hall–Kier alpha value is -2.11. The molecule has 0 fully saturated rings.